The second kappa shape index (κ2) is 7.09. The van der Waals surface area contributed by atoms with Crippen molar-refractivity contribution in [2.24, 2.45) is 0 Å². The average molecular weight is 352 g/mol. The Morgan fingerprint density at radius 1 is 0.846 bits per heavy atom. The molecule has 0 unspecified atom stereocenters. The van der Waals surface area contributed by atoms with Crippen LogP contribution in [0.5, 0.6) is 5.75 Å². The molecule has 0 aliphatic carbocycles. The topological polar surface area (TPSA) is 27.7 Å². The van der Waals surface area contributed by atoms with Gasteiger partial charge in [0.2, 0.25) is 0 Å². The van der Waals surface area contributed by atoms with Crippen LogP contribution in [-0.4, -0.2) is 18.3 Å². The number of hydrogen-bond acceptors (Lipinski definition) is 3. The van der Waals surface area contributed by atoms with Crippen LogP contribution in [0, 0.1) is 0 Å². The van der Waals surface area contributed by atoms with Crippen LogP contribution >= 0.6 is 0 Å². The molecule has 0 N–H and O–H groups in total. The fraction of sp³-hybridized carbons (Fsp3) is 0.455. The van der Waals surface area contributed by atoms with Crippen LogP contribution in [0.2, 0.25) is 0 Å². The molecule has 3 nitrogen and oxygen atoms in total. The van der Waals surface area contributed by atoms with E-state index in [1.54, 1.807) is 0 Å². The van der Waals surface area contributed by atoms with E-state index in [0.29, 0.717) is 12.5 Å². The van der Waals surface area contributed by atoms with Gasteiger partial charge in [0.1, 0.15) is 12.4 Å². The molecule has 0 aromatic heterocycles. The molecule has 0 saturated carbocycles. The molecule has 1 saturated heterocycles. The minimum Gasteiger partial charge on any atom is -0.489 e. The first-order valence-electron chi connectivity index (χ1n) is 9.35. The quantitative estimate of drug-likeness (QED) is 0.731. The fourth-order valence-corrected chi connectivity index (χ4v) is 2.87. The van der Waals surface area contributed by atoms with Crippen LogP contribution in [0.15, 0.2) is 48.5 Å². The standard InChI is InChI=1S/C22H29BO3/c1-16(2)18-9-13-20(14-10-18)24-15-17-7-11-19(12-8-17)23-25-21(3,4)22(5,6)26-23/h7-14,16H,15H2,1-6H3. The van der Waals surface area contributed by atoms with Gasteiger partial charge in [-0.2, -0.15) is 0 Å². The molecule has 1 heterocycles. The molecule has 0 bridgehead atoms. The minimum atomic E-state index is -0.321. The molecule has 1 aliphatic rings. The Labute approximate surface area is 157 Å². The van der Waals surface area contributed by atoms with Crippen molar-refractivity contribution in [1.29, 1.82) is 0 Å². The van der Waals surface area contributed by atoms with E-state index in [0.717, 1.165) is 16.8 Å². The predicted octanol–water partition coefficient (Wildman–Crippen LogP) is 4.69. The monoisotopic (exact) mass is 352 g/mol. The molecule has 4 heteroatoms. The number of ether oxygens (including phenoxy) is 1. The molecule has 3 rings (SSSR count). The first-order valence-corrected chi connectivity index (χ1v) is 9.35. The number of hydrogen-bond donors (Lipinski definition) is 0. The highest BCUT2D eigenvalue weighted by atomic mass is 16.7. The lowest BCUT2D eigenvalue weighted by atomic mass is 9.79. The maximum Gasteiger partial charge on any atom is 0.494 e. The number of benzene rings is 2. The maximum absolute atomic E-state index is 6.10. The van der Waals surface area contributed by atoms with E-state index < -0.39 is 0 Å². The van der Waals surface area contributed by atoms with Gasteiger partial charge in [-0.3, -0.25) is 0 Å². The van der Waals surface area contributed by atoms with Crippen molar-refractivity contribution in [2.45, 2.75) is 65.3 Å². The fourth-order valence-electron chi connectivity index (χ4n) is 2.87. The molecule has 2 aromatic rings. The Balaban J connectivity index is 1.60. The summed E-state index contributed by atoms with van der Waals surface area (Å²) < 4.78 is 18.1. The second-order valence-corrected chi connectivity index (χ2v) is 8.34. The molecular formula is C22H29BO3. The summed E-state index contributed by atoms with van der Waals surface area (Å²) in [6.45, 7) is 13.2. The molecule has 1 aliphatic heterocycles. The number of rotatable bonds is 5. The SMILES string of the molecule is CC(C)c1ccc(OCc2ccc(B3OC(C)(C)C(C)(C)O3)cc2)cc1. The highest BCUT2D eigenvalue weighted by Crippen LogP contribution is 2.36. The summed E-state index contributed by atoms with van der Waals surface area (Å²) in [5.41, 5.74) is 2.85. The van der Waals surface area contributed by atoms with Gasteiger partial charge in [-0.15, -0.1) is 0 Å². The smallest absolute Gasteiger partial charge is 0.489 e. The van der Waals surface area contributed by atoms with Gasteiger partial charge in [0.15, 0.2) is 0 Å². The first-order chi connectivity index (χ1) is 12.2. The predicted molar refractivity (Wildman–Crippen MR) is 107 cm³/mol. The van der Waals surface area contributed by atoms with Crippen LogP contribution < -0.4 is 10.2 Å². The molecule has 2 aromatic carbocycles. The lowest BCUT2D eigenvalue weighted by Gasteiger charge is -2.32. The summed E-state index contributed by atoms with van der Waals surface area (Å²) in [5, 5.41) is 0. The van der Waals surface area contributed by atoms with Crippen LogP contribution in [0.3, 0.4) is 0 Å². The van der Waals surface area contributed by atoms with Crippen LogP contribution in [-0.2, 0) is 15.9 Å². The molecule has 0 spiro atoms. The van der Waals surface area contributed by atoms with Crippen LogP contribution in [0.1, 0.15) is 58.6 Å². The minimum absolute atomic E-state index is 0.318. The van der Waals surface area contributed by atoms with Crippen molar-refractivity contribution < 1.29 is 14.0 Å². The van der Waals surface area contributed by atoms with E-state index in [-0.39, 0.29) is 18.3 Å². The van der Waals surface area contributed by atoms with E-state index in [4.69, 9.17) is 14.0 Å². The van der Waals surface area contributed by atoms with Gasteiger partial charge in [0.25, 0.3) is 0 Å². The van der Waals surface area contributed by atoms with Gasteiger partial charge >= 0.3 is 7.12 Å². The van der Waals surface area contributed by atoms with E-state index in [2.05, 4.69) is 77.9 Å². The largest absolute Gasteiger partial charge is 0.494 e. The Bertz CT molecular complexity index is 717. The van der Waals surface area contributed by atoms with Crippen molar-refractivity contribution in [2.75, 3.05) is 0 Å². The zero-order valence-electron chi connectivity index (χ0n) is 16.7. The Hall–Kier alpha value is -1.78. The third-order valence-electron chi connectivity index (χ3n) is 5.46. The molecule has 0 radical (unpaired) electrons. The van der Waals surface area contributed by atoms with Crippen molar-refractivity contribution in [1.82, 2.24) is 0 Å². The summed E-state index contributed by atoms with van der Waals surface area (Å²) >= 11 is 0. The third kappa shape index (κ3) is 3.97. The molecule has 26 heavy (non-hydrogen) atoms. The zero-order valence-corrected chi connectivity index (χ0v) is 16.7. The average Bonchev–Trinajstić information content (AvgIpc) is 2.81. The van der Waals surface area contributed by atoms with Gasteiger partial charge in [-0.1, -0.05) is 50.2 Å². The highest BCUT2D eigenvalue weighted by Gasteiger charge is 2.51. The van der Waals surface area contributed by atoms with Gasteiger partial charge in [-0.25, -0.2) is 0 Å². The lowest BCUT2D eigenvalue weighted by Crippen LogP contribution is -2.41. The first kappa shape index (κ1) is 19.0. The normalized spacial score (nSPS) is 18.3. The van der Waals surface area contributed by atoms with Crippen molar-refractivity contribution >= 4 is 12.6 Å². The van der Waals surface area contributed by atoms with Gasteiger partial charge in [-0.05, 0) is 62.3 Å². The van der Waals surface area contributed by atoms with E-state index in [1.807, 2.05) is 12.1 Å². The highest BCUT2D eigenvalue weighted by molar-refractivity contribution is 6.62. The lowest BCUT2D eigenvalue weighted by molar-refractivity contribution is 0.00578. The van der Waals surface area contributed by atoms with Crippen molar-refractivity contribution in [3.05, 3.63) is 59.7 Å². The zero-order chi connectivity index (χ0) is 18.9. The second-order valence-electron chi connectivity index (χ2n) is 8.34. The summed E-state index contributed by atoms with van der Waals surface area (Å²) in [5.74, 6) is 1.43. The van der Waals surface area contributed by atoms with E-state index in [1.165, 1.54) is 5.56 Å². The van der Waals surface area contributed by atoms with Crippen molar-refractivity contribution in [3.63, 3.8) is 0 Å². The van der Waals surface area contributed by atoms with Crippen molar-refractivity contribution in [3.8, 4) is 5.75 Å². The molecule has 0 amide bonds. The Morgan fingerprint density at radius 3 is 1.88 bits per heavy atom. The van der Waals surface area contributed by atoms with Gasteiger partial charge < -0.3 is 14.0 Å². The molecule has 0 atom stereocenters. The van der Waals surface area contributed by atoms with E-state index >= 15 is 0 Å². The summed E-state index contributed by atoms with van der Waals surface area (Å²) in [6, 6.07) is 16.6. The summed E-state index contributed by atoms with van der Waals surface area (Å²) in [4.78, 5) is 0. The van der Waals surface area contributed by atoms with Crippen LogP contribution in [0.25, 0.3) is 0 Å². The van der Waals surface area contributed by atoms with Gasteiger partial charge in [0, 0.05) is 0 Å². The molecular weight excluding hydrogens is 323 g/mol. The molecule has 138 valence electrons. The Kier molecular flexibility index (Phi) is 5.18. The summed E-state index contributed by atoms with van der Waals surface area (Å²) in [6.07, 6.45) is 0. The maximum atomic E-state index is 6.10. The molecule has 1 fully saturated rings. The van der Waals surface area contributed by atoms with Crippen LogP contribution in [0.4, 0.5) is 0 Å². The third-order valence-corrected chi connectivity index (χ3v) is 5.46. The Morgan fingerprint density at radius 2 is 1.38 bits per heavy atom. The summed E-state index contributed by atoms with van der Waals surface area (Å²) in [7, 11) is -0.321. The van der Waals surface area contributed by atoms with E-state index in [9.17, 15) is 0 Å². The van der Waals surface area contributed by atoms with Gasteiger partial charge in [0.05, 0.1) is 11.2 Å².